The van der Waals surface area contributed by atoms with Gasteiger partial charge in [0.15, 0.2) is 0 Å². The largest absolute Gasteiger partial charge is 0.481 e. The van der Waals surface area contributed by atoms with E-state index in [1.165, 1.54) is 12.1 Å². The van der Waals surface area contributed by atoms with Crippen LogP contribution in [0.5, 0.6) is 0 Å². The van der Waals surface area contributed by atoms with E-state index in [1.54, 1.807) is 4.90 Å². The highest BCUT2D eigenvalue weighted by Crippen LogP contribution is 2.35. The van der Waals surface area contributed by atoms with Gasteiger partial charge < -0.3 is 10.0 Å². The molecule has 0 amide bonds. The predicted octanol–water partition coefficient (Wildman–Crippen LogP) is 2.96. The first-order valence-corrected chi connectivity index (χ1v) is 6.92. The van der Waals surface area contributed by atoms with Gasteiger partial charge in [0.25, 0.3) is 0 Å². The molecule has 0 bridgehead atoms. The van der Waals surface area contributed by atoms with Gasteiger partial charge in [0.2, 0.25) is 5.82 Å². The van der Waals surface area contributed by atoms with Gasteiger partial charge in [-0.15, -0.1) is 0 Å². The third kappa shape index (κ3) is 3.48. The maximum atomic E-state index is 13.7. The molecule has 1 aliphatic heterocycles. The van der Waals surface area contributed by atoms with Crippen LogP contribution < -0.4 is 4.90 Å². The van der Waals surface area contributed by atoms with Crippen molar-refractivity contribution in [2.75, 3.05) is 11.4 Å². The Hall–Kier alpha value is -2.18. The number of carboxylic acid groups (broad SMARTS) is 1. The van der Waals surface area contributed by atoms with E-state index in [4.69, 9.17) is 5.11 Å². The Balaban J connectivity index is 2.31. The number of anilines is 1. The number of nitro groups is 1. The van der Waals surface area contributed by atoms with E-state index >= 15 is 0 Å². The first-order chi connectivity index (χ1) is 10.0. The number of carbonyl (C=O) groups is 1. The molecule has 0 aliphatic carbocycles. The lowest BCUT2D eigenvalue weighted by Crippen LogP contribution is -2.40. The number of halogens is 1. The monoisotopic (exact) mass is 296 g/mol. The number of carboxylic acids is 1. The van der Waals surface area contributed by atoms with E-state index in [2.05, 4.69) is 0 Å². The minimum atomic E-state index is -0.894. The first kappa shape index (κ1) is 15.2. The number of aliphatic carboxylic acids is 1. The average molecular weight is 296 g/mol. The molecule has 1 heterocycles. The zero-order valence-electron chi connectivity index (χ0n) is 11.5. The first-order valence-electron chi connectivity index (χ1n) is 6.92. The van der Waals surface area contributed by atoms with Crippen LogP contribution >= 0.6 is 0 Å². The molecule has 21 heavy (non-hydrogen) atoms. The summed E-state index contributed by atoms with van der Waals surface area (Å²) >= 11 is 0. The smallest absolute Gasteiger partial charge is 0.327 e. The summed E-state index contributed by atoms with van der Waals surface area (Å²) in [6.07, 6.45) is 2.98. The van der Waals surface area contributed by atoms with Gasteiger partial charge in [-0.1, -0.05) is 6.07 Å². The van der Waals surface area contributed by atoms with Gasteiger partial charge in [-0.3, -0.25) is 14.9 Å². The van der Waals surface area contributed by atoms with Crippen molar-refractivity contribution in [3.63, 3.8) is 0 Å². The third-order valence-corrected chi connectivity index (χ3v) is 3.78. The van der Waals surface area contributed by atoms with Crippen LogP contribution in [0.3, 0.4) is 0 Å². The number of hydrogen-bond acceptors (Lipinski definition) is 4. The Kier molecular flexibility index (Phi) is 4.72. The Morgan fingerprint density at radius 3 is 2.90 bits per heavy atom. The second-order valence-electron chi connectivity index (χ2n) is 5.14. The standard InChI is InChI=1S/C14H17FN2O4/c15-11-5-3-6-12(14(11)17(20)21)16-9-2-1-4-10(16)7-8-13(18)19/h3,5-6,10H,1-2,4,7-9H2,(H,18,19). The minimum Gasteiger partial charge on any atom is -0.481 e. The summed E-state index contributed by atoms with van der Waals surface area (Å²) < 4.78 is 13.7. The molecule has 1 aromatic rings. The highest BCUT2D eigenvalue weighted by atomic mass is 19.1. The van der Waals surface area contributed by atoms with Crippen molar-refractivity contribution in [2.24, 2.45) is 0 Å². The molecule has 7 heteroatoms. The molecular weight excluding hydrogens is 279 g/mol. The van der Waals surface area contributed by atoms with E-state index in [9.17, 15) is 19.3 Å². The summed E-state index contributed by atoms with van der Waals surface area (Å²) in [5, 5.41) is 19.9. The third-order valence-electron chi connectivity index (χ3n) is 3.78. The molecule has 1 fully saturated rings. The van der Waals surface area contributed by atoms with Crippen LogP contribution in [0.1, 0.15) is 32.1 Å². The predicted molar refractivity (Wildman–Crippen MR) is 74.9 cm³/mol. The lowest BCUT2D eigenvalue weighted by atomic mass is 9.97. The molecule has 1 aliphatic rings. The maximum absolute atomic E-state index is 13.7. The molecule has 0 spiro atoms. The molecule has 1 atom stereocenters. The van der Waals surface area contributed by atoms with Crippen molar-refractivity contribution >= 4 is 17.3 Å². The summed E-state index contributed by atoms with van der Waals surface area (Å²) in [6.45, 7) is 0.578. The molecule has 2 rings (SSSR count). The Morgan fingerprint density at radius 2 is 2.24 bits per heavy atom. The fourth-order valence-electron chi connectivity index (χ4n) is 2.82. The van der Waals surface area contributed by atoms with Gasteiger partial charge in [0.1, 0.15) is 5.69 Å². The fourth-order valence-corrected chi connectivity index (χ4v) is 2.82. The number of hydrogen-bond donors (Lipinski definition) is 1. The van der Waals surface area contributed by atoms with Gasteiger partial charge in [0, 0.05) is 19.0 Å². The van der Waals surface area contributed by atoms with Crippen molar-refractivity contribution in [1.82, 2.24) is 0 Å². The molecule has 0 aromatic heterocycles. The van der Waals surface area contributed by atoms with Crippen molar-refractivity contribution in [3.8, 4) is 0 Å². The van der Waals surface area contributed by atoms with E-state index < -0.39 is 22.4 Å². The van der Waals surface area contributed by atoms with Gasteiger partial charge >= 0.3 is 11.7 Å². The molecule has 1 aromatic carbocycles. The van der Waals surface area contributed by atoms with E-state index in [1.807, 2.05) is 0 Å². The van der Waals surface area contributed by atoms with Gasteiger partial charge in [-0.25, -0.2) is 0 Å². The van der Waals surface area contributed by atoms with Crippen LogP contribution in [-0.4, -0.2) is 28.6 Å². The van der Waals surface area contributed by atoms with Crippen LogP contribution in [0.15, 0.2) is 18.2 Å². The summed E-state index contributed by atoms with van der Waals surface area (Å²) in [7, 11) is 0. The van der Waals surface area contributed by atoms with Crippen LogP contribution in [0.25, 0.3) is 0 Å². The molecule has 1 saturated heterocycles. The second-order valence-corrected chi connectivity index (χ2v) is 5.14. The maximum Gasteiger partial charge on any atom is 0.327 e. The number of benzene rings is 1. The highest BCUT2D eigenvalue weighted by Gasteiger charge is 2.30. The Bertz CT molecular complexity index is 550. The molecule has 0 saturated carbocycles. The normalized spacial score (nSPS) is 18.5. The van der Waals surface area contributed by atoms with Gasteiger partial charge in [-0.05, 0) is 37.8 Å². The van der Waals surface area contributed by atoms with Crippen LogP contribution in [-0.2, 0) is 4.79 Å². The SMILES string of the molecule is O=C(O)CCC1CCCCN1c1cccc(F)c1[N+](=O)[O-]. The zero-order chi connectivity index (χ0) is 15.4. The zero-order valence-corrected chi connectivity index (χ0v) is 11.5. The van der Waals surface area contributed by atoms with Gasteiger partial charge in [-0.2, -0.15) is 4.39 Å². The number of para-hydroxylation sites is 1. The Labute approximate surface area is 121 Å². The van der Waals surface area contributed by atoms with Crippen molar-refractivity contribution in [3.05, 3.63) is 34.1 Å². The van der Waals surface area contributed by atoms with E-state index in [0.29, 0.717) is 13.0 Å². The summed E-state index contributed by atoms with van der Waals surface area (Å²) in [4.78, 5) is 22.9. The van der Waals surface area contributed by atoms with E-state index in [-0.39, 0.29) is 18.2 Å². The average Bonchev–Trinajstić information content (AvgIpc) is 2.44. The molecule has 1 unspecified atom stereocenters. The van der Waals surface area contributed by atoms with Gasteiger partial charge in [0.05, 0.1) is 4.92 Å². The van der Waals surface area contributed by atoms with Crippen molar-refractivity contribution < 1.29 is 19.2 Å². The molecule has 6 nitrogen and oxygen atoms in total. The minimum absolute atomic E-state index is 0.00425. The lowest BCUT2D eigenvalue weighted by molar-refractivity contribution is -0.386. The molecule has 1 N–H and O–H groups in total. The van der Waals surface area contributed by atoms with Crippen LogP contribution in [0, 0.1) is 15.9 Å². The summed E-state index contributed by atoms with van der Waals surface area (Å²) in [5.74, 6) is -1.76. The van der Waals surface area contributed by atoms with Crippen molar-refractivity contribution in [2.45, 2.75) is 38.1 Å². The summed E-state index contributed by atoms with van der Waals surface area (Å²) in [6, 6.07) is 3.94. The van der Waals surface area contributed by atoms with E-state index in [0.717, 1.165) is 25.3 Å². The number of rotatable bonds is 5. The van der Waals surface area contributed by atoms with Crippen molar-refractivity contribution in [1.29, 1.82) is 0 Å². The number of nitrogens with zero attached hydrogens (tertiary/aromatic N) is 2. The Morgan fingerprint density at radius 1 is 1.48 bits per heavy atom. The molecule has 114 valence electrons. The van der Waals surface area contributed by atoms with Crippen LogP contribution in [0.2, 0.25) is 0 Å². The molecular formula is C14H17FN2O4. The number of nitro benzene ring substituents is 1. The lowest BCUT2D eigenvalue weighted by Gasteiger charge is -2.37. The second kappa shape index (κ2) is 6.51. The number of piperidine rings is 1. The quantitative estimate of drug-likeness (QED) is 0.667. The fraction of sp³-hybridized carbons (Fsp3) is 0.500. The van der Waals surface area contributed by atoms with Crippen LogP contribution in [0.4, 0.5) is 15.8 Å². The molecule has 0 radical (unpaired) electrons. The summed E-state index contributed by atoms with van der Waals surface area (Å²) in [5.41, 5.74) is -0.283. The highest BCUT2D eigenvalue weighted by molar-refractivity contribution is 5.67. The topological polar surface area (TPSA) is 83.7 Å².